The van der Waals surface area contributed by atoms with Gasteiger partial charge in [-0.05, 0) is 6.92 Å². The van der Waals surface area contributed by atoms with E-state index in [-0.39, 0.29) is 0 Å². The van der Waals surface area contributed by atoms with E-state index in [1.165, 1.54) is 11.3 Å². The molecule has 0 aliphatic rings. The zero-order valence-corrected chi connectivity index (χ0v) is 6.52. The molecular weight excluding hydrogens is 132 g/mol. The molecule has 0 fully saturated rings. The van der Waals surface area contributed by atoms with E-state index in [4.69, 9.17) is 0 Å². The van der Waals surface area contributed by atoms with Crippen LogP contribution in [-0.2, 0) is 12.8 Å². The van der Waals surface area contributed by atoms with Crippen LogP contribution in [0.1, 0.15) is 11.3 Å². The van der Waals surface area contributed by atoms with Crippen LogP contribution in [0.2, 0.25) is 0 Å². The smallest absolute Gasteiger partial charge is 0.0532 e. The summed E-state index contributed by atoms with van der Waals surface area (Å²) >= 11 is 4.14. The van der Waals surface area contributed by atoms with Crippen molar-refractivity contribution in [1.29, 1.82) is 0 Å². The third-order valence-corrected chi connectivity index (χ3v) is 1.85. The lowest BCUT2D eigenvalue weighted by Crippen LogP contribution is -1.92. The normalized spacial score (nSPS) is 10.1. The predicted octanol–water partition coefficient (Wildman–Crippen LogP) is 1.16. The molecule has 0 radical (unpaired) electrons. The first-order valence-corrected chi connectivity index (χ1v) is 3.47. The first-order valence-electron chi connectivity index (χ1n) is 2.84. The van der Waals surface area contributed by atoms with Gasteiger partial charge in [0.05, 0.1) is 6.20 Å². The molecule has 50 valence electrons. The van der Waals surface area contributed by atoms with Crippen LogP contribution < -0.4 is 0 Å². The zero-order valence-electron chi connectivity index (χ0n) is 5.63. The molecule has 0 saturated carbocycles. The molecule has 0 aliphatic carbocycles. The average Bonchev–Trinajstić information content (AvgIpc) is 2.15. The summed E-state index contributed by atoms with van der Waals surface area (Å²) in [5.41, 5.74) is 2.41. The monoisotopic (exact) mass is 142 g/mol. The molecule has 1 heterocycles. The van der Waals surface area contributed by atoms with Crippen LogP contribution >= 0.6 is 12.6 Å². The van der Waals surface area contributed by atoms with Gasteiger partial charge in [0, 0.05) is 24.1 Å². The van der Waals surface area contributed by atoms with E-state index in [0.717, 1.165) is 5.75 Å². The highest BCUT2D eigenvalue weighted by Gasteiger charge is 1.98. The molecule has 0 aromatic carbocycles. The van der Waals surface area contributed by atoms with Crippen molar-refractivity contribution in [2.24, 2.45) is 7.05 Å². The van der Waals surface area contributed by atoms with Crippen molar-refractivity contribution in [2.45, 2.75) is 12.7 Å². The van der Waals surface area contributed by atoms with Crippen molar-refractivity contribution >= 4 is 12.6 Å². The summed E-state index contributed by atoms with van der Waals surface area (Å²) in [5, 5.41) is 4.05. The molecule has 0 unspecified atom stereocenters. The third kappa shape index (κ3) is 1.10. The van der Waals surface area contributed by atoms with Crippen molar-refractivity contribution < 1.29 is 0 Å². The summed E-state index contributed by atoms with van der Waals surface area (Å²) in [6, 6.07) is 0. The first-order chi connectivity index (χ1) is 4.25. The molecule has 1 aromatic heterocycles. The molecule has 0 bridgehead atoms. The summed E-state index contributed by atoms with van der Waals surface area (Å²) in [5.74, 6) is 0.777. The number of hydrogen-bond donors (Lipinski definition) is 1. The molecule has 1 rings (SSSR count). The zero-order chi connectivity index (χ0) is 6.85. The molecule has 0 N–H and O–H groups in total. The second kappa shape index (κ2) is 2.43. The molecule has 2 nitrogen and oxygen atoms in total. The van der Waals surface area contributed by atoms with E-state index >= 15 is 0 Å². The van der Waals surface area contributed by atoms with E-state index in [2.05, 4.69) is 17.7 Å². The number of aryl methyl sites for hydroxylation is 1. The van der Waals surface area contributed by atoms with Crippen molar-refractivity contribution in [3.8, 4) is 0 Å². The average molecular weight is 142 g/mol. The van der Waals surface area contributed by atoms with Gasteiger partial charge in [0.2, 0.25) is 0 Å². The summed E-state index contributed by atoms with van der Waals surface area (Å²) in [6.45, 7) is 2.04. The van der Waals surface area contributed by atoms with Crippen LogP contribution in [0.3, 0.4) is 0 Å². The number of rotatable bonds is 1. The largest absolute Gasteiger partial charge is 0.273 e. The summed E-state index contributed by atoms with van der Waals surface area (Å²) < 4.78 is 1.85. The minimum absolute atomic E-state index is 0.777. The molecule has 3 heteroatoms. The Morgan fingerprint density at radius 3 is 2.67 bits per heavy atom. The van der Waals surface area contributed by atoms with E-state index < -0.39 is 0 Å². The Labute approximate surface area is 60.3 Å². The van der Waals surface area contributed by atoms with Gasteiger partial charge >= 0.3 is 0 Å². The number of hydrogen-bond acceptors (Lipinski definition) is 2. The maximum Gasteiger partial charge on any atom is 0.0532 e. The minimum Gasteiger partial charge on any atom is -0.273 e. The summed E-state index contributed by atoms with van der Waals surface area (Å²) in [6.07, 6.45) is 1.85. The standard InChI is InChI=1S/C6H10N2S/c1-5-6(4-9)3-7-8(5)2/h3,9H,4H2,1-2H3. The van der Waals surface area contributed by atoms with E-state index in [1.54, 1.807) is 0 Å². The molecule has 0 aliphatic heterocycles. The first kappa shape index (κ1) is 6.68. The molecule has 0 amide bonds. The van der Waals surface area contributed by atoms with Gasteiger partial charge in [0.25, 0.3) is 0 Å². The lowest BCUT2D eigenvalue weighted by Gasteiger charge is -1.93. The van der Waals surface area contributed by atoms with Gasteiger partial charge in [0.1, 0.15) is 0 Å². The van der Waals surface area contributed by atoms with Crippen LogP contribution in [0, 0.1) is 6.92 Å². The molecule has 0 spiro atoms. The highest BCUT2D eigenvalue weighted by atomic mass is 32.1. The Morgan fingerprint density at radius 1 is 1.78 bits per heavy atom. The van der Waals surface area contributed by atoms with E-state index in [0.29, 0.717) is 0 Å². The maximum absolute atomic E-state index is 4.14. The minimum atomic E-state index is 0.777. The van der Waals surface area contributed by atoms with E-state index in [1.807, 2.05) is 24.9 Å². The summed E-state index contributed by atoms with van der Waals surface area (Å²) in [7, 11) is 1.93. The highest BCUT2D eigenvalue weighted by molar-refractivity contribution is 7.79. The fourth-order valence-corrected chi connectivity index (χ4v) is 1.01. The predicted molar refractivity (Wildman–Crippen MR) is 40.6 cm³/mol. The number of nitrogens with zero attached hydrogens (tertiary/aromatic N) is 2. The van der Waals surface area contributed by atoms with Gasteiger partial charge < -0.3 is 0 Å². The number of aromatic nitrogens is 2. The molecule has 0 saturated heterocycles. The van der Waals surface area contributed by atoms with Crippen LogP contribution in [0.5, 0.6) is 0 Å². The molecular formula is C6H10N2S. The molecule has 9 heavy (non-hydrogen) atoms. The topological polar surface area (TPSA) is 17.8 Å². The quantitative estimate of drug-likeness (QED) is 0.582. The SMILES string of the molecule is Cc1c(CS)cnn1C. The van der Waals surface area contributed by atoms with Gasteiger partial charge in [-0.3, -0.25) is 4.68 Å². The van der Waals surface area contributed by atoms with Crippen LogP contribution in [-0.4, -0.2) is 9.78 Å². The summed E-state index contributed by atoms with van der Waals surface area (Å²) in [4.78, 5) is 0. The van der Waals surface area contributed by atoms with E-state index in [9.17, 15) is 0 Å². The van der Waals surface area contributed by atoms with Crippen molar-refractivity contribution in [1.82, 2.24) is 9.78 Å². The Bertz CT molecular complexity index is 205. The highest BCUT2D eigenvalue weighted by Crippen LogP contribution is 2.06. The van der Waals surface area contributed by atoms with Gasteiger partial charge in [-0.15, -0.1) is 0 Å². The van der Waals surface area contributed by atoms with Gasteiger partial charge in [-0.1, -0.05) is 0 Å². The second-order valence-electron chi connectivity index (χ2n) is 2.04. The van der Waals surface area contributed by atoms with Crippen LogP contribution in [0.25, 0.3) is 0 Å². The Hall–Kier alpha value is -0.440. The fraction of sp³-hybridized carbons (Fsp3) is 0.500. The van der Waals surface area contributed by atoms with Crippen molar-refractivity contribution in [3.05, 3.63) is 17.5 Å². The molecule has 1 aromatic rings. The third-order valence-electron chi connectivity index (χ3n) is 1.51. The maximum atomic E-state index is 4.14. The van der Waals surface area contributed by atoms with Crippen LogP contribution in [0.4, 0.5) is 0 Å². The Balaban J connectivity index is 3.04. The van der Waals surface area contributed by atoms with Gasteiger partial charge in [-0.2, -0.15) is 17.7 Å². The lowest BCUT2D eigenvalue weighted by atomic mass is 10.3. The van der Waals surface area contributed by atoms with Crippen molar-refractivity contribution in [3.63, 3.8) is 0 Å². The van der Waals surface area contributed by atoms with Gasteiger partial charge in [0.15, 0.2) is 0 Å². The Morgan fingerprint density at radius 2 is 2.44 bits per heavy atom. The second-order valence-corrected chi connectivity index (χ2v) is 2.35. The van der Waals surface area contributed by atoms with Crippen molar-refractivity contribution in [2.75, 3.05) is 0 Å². The lowest BCUT2D eigenvalue weighted by molar-refractivity contribution is 0.739. The fourth-order valence-electron chi connectivity index (χ4n) is 0.699. The Kier molecular flexibility index (Phi) is 1.81. The number of thiol groups is 1. The molecule has 0 atom stereocenters. The van der Waals surface area contributed by atoms with Crippen LogP contribution in [0.15, 0.2) is 6.20 Å². The van der Waals surface area contributed by atoms with Gasteiger partial charge in [-0.25, -0.2) is 0 Å².